The molecule has 0 aromatic heterocycles. The van der Waals surface area contributed by atoms with Crippen molar-refractivity contribution in [1.29, 1.82) is 0 Å². The third-order valence-electron chi connectivity index (χ3n) is 3.25. The molecular formula is C14H19NO4S. The Kier molecular flexibility index (Phi) is 4.65. The van der Waals surface area contributed by atoms with Crippen LogP contribution in [-0.2, 0) is 14.6 Å². The second-order valence-electron chi connectivity index (χ2n) is 4.98. The average Bonchev–Trinajstić information content (AvgIpc) is 2.71. The molecule has 5 nitrogen and oxygen atoms in total. The molecule has 0 spiro atoms. The summed E-state index contributed by atoms with van der Waals surface area (Å²) in [7, 11) is -2.92. The van der Waals surface area contributed by atoms with E-state index in [1.165, 1.54) is 0 Å². The van der Waals surface area contributed by atoms with Gasteiger partial charge >= 0.3 is 0 Å². The van der Waals surface area contributed by atoms with Crippen molar-refractivity contribution in [2.75, 3.05) is 23.4 Å². The Hall–Kier alpha value is -1.56. The first-order valence-electron chi connectivity index (χ1n) is 6.71. The third-order valence-corrected chi connectivity index (χ3v) is 5.09. The largest absolute Gasteiger partial charge is 0.494 e. The van der Waals surface area contributed by atoms with Gasteiger partial charge in [0.25, 0.3) is 0 Å². The first kappa shape index (κ1) is 14.8. The van der Waals surface area contributed by atoms with Crippen molar-refractivity contribution in [3.8, 4) is 5.75 Å². The van der Waals surface area contributed by atoms with Crippen LogP contribution in [0.4, 0.5) is 5.69 Å². The highest BCUT2D eigenvalue weighted by molar-refractivity contribution is 7.91. The molecular weight excluding hydrogens is 278 g/mol. The smallest absolute Gasteiger partial charge is 0.224 e. The van der Waals surface area contributed by atoms with Crippen molar-refractivity contribution in [1.82, 2.24) is 0 Å². The molecule has 1 fully saturated rings. The molecule has 1 aliphatic heterocycles. The Bertz CT molecular complexity index is 565. The number of ether oxygens (including phenoxy) is 1. The molecule has 0 radical (unpaired) electrons. The average molecular weight is 297 g/mol. The number of benzene rings is 1. The van der Waals surface area contributed by atoms with E-state index in [1.54, 1.807) is 24.3 Å². The lowest BCUT2D eigenvalue weighted by molar-refractivity contribution is -0.116. The first-order valence-corrected chi connectivity index (χ1v) is 8.54. The number of rotatable bonds is 5. The molecule has 1 atom stereocenters. The number of hydrogen-bond acceptors (Lipinski definition) is 4. The van der Waals surface area contributed by atoms with Crippen LogP contribution < -0.4 is 10.1 Å². The fourth-order valence-electron chi connectivity index (χ4n) is 2.31. The molecule has 0 saturated carbocycles. The highest BCUT2D eigenvalue weighted by atomic mass is 32.2. The van der Waals surface area contributed by atoms with Crippen molar-refractivity contribution in [3.63, 3.8) is 0 Å². The van der Waals surface area contributed by atoms with E-state index in [-0.39, 0.29) is 29.8 Å². The van der Waals surface area contributed by atoms with Crippen molar-refractivity contribution in [3.05, 3.63) is 24.3 Å². The monoisotopic (exact) mass is 297 g/mol. The lowest BCUT2D eigenvalue weighted by atomic mass is 10.1. The van der Waals surface area contributed by atoms with E-state index >= 15 is 0 Å². The molecule has 1 unspecified atom stereocenters. The van der Waals surface area contributed by atoms with Crippen LogP contribution in [0.25, 0.3) is 0 Å². The molecule has 1 saturated heterocycles. The van der Waals surface area contributed by atoms with Crippen molar-refractivity contribution in [2.24, 2.45) is 5.92 Å². The Morgan fingerprint density at radius 2 is 2.05 bits per heavy atom. The minimum atomic E-state index is -2.92. The summed E-state index contributed by atoms with van der Waals surface area (Å²) in [5, 5.41) is 2.78. The van der Waals surface area contributed by atoms with Gasteiger partial charge in [-0.25, -0.2) is 8.42 Å². The quantitative estimate of drug-likeness (QED) is 0.900. The normalized spacial score (nSPS) is 20.6. The summed E-state index contributed by atoms with van der Waals surface area (Å²) in [6.07, 6.45) is 0.839. The minimum absolute atomic E-state index is 0.0531. The van der Waals surface area contributed by atoms with Gasteiger partial charge in [0.15, 0.2) is 9.84 Å². The maximum atomic E-state index is 11.9. The summed E-state index contributed by atoms with van der Waals surface area (Å²) < 4.78 is 28.0. The summed E-state index contributed by atoms with van der Waals surface area (Å²) in [6, 6.07) is 7.13. The first-order chi connectivity index (χ1) is 9.48. The van der Waals surface area contributed by atoms with Crippen LogP contribution in [0.3, 0.4) is 0 Å². The number of carbonyl (C=O) groups excluding carboxylic acids is 1. The van der Waals surface area contributed by atoms with Gasteiger partial charge in [-0.3, -0.25) is 4.79 Å². The minimum Gasteiger partial charge on any atom is -0.494 e. The van der Waals surface area contributed by atoms with Gasteiger partial charge in [0.1, 0.15) is 5.75 Å². The van der Waals surface area contributed by atoms with Gasteiger partial charge in [0.05, 0.1) is 18.1 Å². The Labute approximate surface area is 119 Å². The Balaban J connectivity index is 1.85. The standard InChI is InChI=1S/C14H19NO4S/c1-2-19-13-5-3-12(4-6-13)15-14(16)9-11-7-8-20(17,18)10-11/h3-6,11H,2,7-10H2,1H3,(H,15,16). The molecule has 2 rings (SSSR count). The second kappa shape index (κ2) is 6.26. The third kappa shape index (κ3) is 4.23. The van der Waals surface area contributed by atoms with Crippen LogP contribution in [0.5, 0.6) is 5.75 Å². The Morgan fingerprint density at radius 1 is 1.35 bits per heavy atom. The molecule has 1 aromatic rings. The van der Waals surface area contributed by atoms with Crippen LogP contribution in [-0.4, -0.2) is 32.4 Å². The van der Waals surface area contributed by atoms with Crippen LogP contribution >= 0.6 is 0 Å². The summed E-state index contributed by atoms with van der Waals surface area (Å²) in [6.45, 7) is 2.51. The number of hydrogen-bond donors (Lipinski definition) is 1. The van der Waals surface area contributed by atoms with Gasteiger partial charge in [-0.15, -0.1) is 0 Å². The predicted molar refractivity (Wildman–Crippen MR) is 77.6 cm³/mol. The molecule has 110 valence electrons. The number of sulfone groups is 1. The van der Waals surface area contributed by atoms with Crippen molar-refractivity contribution in [2.45, 2.75) is 19.8 Å². The SMILES string of the molecule is CCOc1ccc(NC(=O)CC2CCS(=O)(=O)C2)cc1. The number of amides is 1. The number of anilines is 1. The summed E-state index contributed by atoms with van der Waals surface area (Å²) >= 11 is 0. The summed E-state index contributed by atoms with van der Waals surface area (Å²) in [5.74, 6) is 0.892. The summed E-state index contributed by atoms with van der Waals surface area (Å²) in [4.78, 5) is 11.9. The molecule has 0 bridgehead atoms. The van der Waals surface area contributed by atoms with E-state index in [1.807, 2.05) is 6.92 Å². The van der Waals surface area contributed by atoms with E-state index in [0.29, 0.717) is 18.7 Å². The van der Waals surface area contributed by atoms with Gasteiger partial charge in [-0.05, 0) is 43.5 Å². The highest BCUT2D eigenvalue weighted by Crippen LogP contribution is 2.22. The molecule has 1 N–H and O–H groups in total. The zero-order valence-corrected chi connectivity index (χ0v) is 12.3. The van der Waals surface area contributed by atoms with E-state index in [0.717, 1.165) is 5.75 Å². The number of nitrogens with one attached hydrogen (secondary N) is 1. The molecule has 6 heteroatoms. The van der Waals surface area contributed by atoms with Gasteiger partial charge in [0, 0.05) is 12.1 Å². The van der Waals surface area contributed by atoms with Gasteiger partial charge in [-0.2, -0.15) is 0 Å². The maximum absolute atomic E-state index is 11.9. The lowest BCUT2D eigenvalue weighted by Crippen LogP contribution is -2.17. The zero-order valence-electron chi connectivity index (χ0n) is 11.5. The molecule has 1 aromatic carbocycles. The molecule has 1 aliphatic rings. The highest BCUT2D eigenvalue weighted by Gasteiger charge is 2.29. The van der Waals surface area contributed by atoms with Gasteiger partial charge in [0.2, 0.25) is 5.91 Å². The van der Waals surface area contributed by atoms with E-state index < -0.39 is 9.84 Å². The Morgan fingerprint density at radius 3 is 2.60 bits per heavy atom. The fourth-order valence-corrected chi connectivity index (χ4v) is 4.17. The zero-order chi connectivity index (χ0) is 14.6. The van der Waals surface area contributed by atoms with Gasteiger partial charge in [-0.1, -0.05) is 0 Å². The topological polar surface area (TPSA) is 72.5 Å². The lowest BCUT2D eigenvalue weighted by Gasteiger charge is -2.09. The van der Waals surface area contributed by atoms with Crippen molar-refractivity contribution >= 4 is 21.4 Å². The van der Waals surface area contributed by atoms with E-state index in [2.05, 4.69) is 5.32 Å². The maximum Gasteiger partial charge on any atom is 0.224 e. The van der Waals surface area contributed by atoms with E-state index in [4.69, 9.17) is 4.74 Å². The summed E-state index contributed by atoms with van der Waals surface area (Å²) in [5.41, 5.74) is 0.694. The molecule has 1 amide bonds. The van der Waals surface area contributed by atoms with Gasteiger partial charge < -0.3 is 10.1 Å². The van der Waals surface area contributed by atoms with Crippen LogP contribution in [0, 0.1) is 5.92 Å². The molecule has 1 heterocycles. The molecule has 20 heavy (non-hydrogen) atoms. The number of carbonyl (C=O) groups is 1. The predicted octanol–water partition coefficient (Wildman–Crippen LogP) is 1.85. The van der Waals surface area contributed by atoms with Crippen molar-refractivity contribution < 1.29 is 17.9 Å². The van der Waals surface area contributed by atoms with Crippen LogP contribution in [0.15, 0.2) is 24.3 Å². The van der Waals surface area contributed by atoms with E-state index in [9.17, 15) is 13.2 Å². The van der Waals surface area contributed by atoms with Crippen LogP contribution in [0.2, 0.25) is 0 Å². The van der Waals surface area contributed by atoms with Crippen LogP contribution in [0.1, 0.15) is 19.8 Å². The molecule has 0 aliphatic carbocycles. The fraction of sp³-hybridized carbons (Fsp3) is 0.500. The second-order valence-corrected chi connectivity index (χ2v) is 7.21.